The first kappa shape index (κ1) is 12.0. The van der Waals surface area contributed by atoms with E-state index >= 15 is 0 Å². The van der Waals surface area contributed by atoms with E-state index in [2.05, 4.69) is 4.72 Å². The molecule has 1 aromatic carbocycles. The van der Waals surface area contributed by atoms with E-state index in [0.717, 1.165) is 12.8 Å². The summed E-state index contributed by atoms with van der Waals surface area (Å²) in [6, 6.07) is 7.60. The second-order valence-corrected chi connectivity index (χ2v) is 5.76. The van der Waals surface area contributed by atoms with Crippen molar-refractivity contribution >= 4 is 10.0 Å². The second kappa shape index (κ2) is 4.42. The van der Waals surface area contributed by atoms with Crippen LogP contribution in [-0.4, -0.2) is 19.4 Å². The van der Waals surface area contributed by atoms with E-state index in [4.69, 9.17) is 0 Å². The third-order valence-electron chi connectivity index (χ3n) is 2.48. The Balaban J connectivity index is 2.32. The van der Waals surface area contributed by atoms with E-state index in [9.17, 15) is 18.5 Å². The SMILES string of the molecule is O=[N+]([O-])[C@H](c1ccccc1)S(=O)(=O)NC1CC1. The summed E-state index contributed by atoms with van der Waals surface area (Å²) in [6.45, 7) is 0. The van der Waals surface area contributed by atoms with Gasteiger partial charge in [-0.2, -0.15) is 0 Å². The summed E-state index contributed by atoms with van der Waals surface area (Å²) in [5.41, 5.74) is 0.172. The Morgan fingerprint density at radius 1 is 1.29 bits per heavy atom. The van der Waals surface area contributed by atoms with Gasteiger partial charge in [-0.3, -0.25) is 10.1 Å². The molecule has 1 fully saturated rings. The zero-order chi connectivity index (χ0) is 12.5. The highest BCUT2D eigenvalue weighted by Crippen LogP contribution is 2.26. The van der Waals surface area contributed by atoms with E-state index in [-0.39, 0.29) is 11.6 Å². The molecule has 0 amide bonds. The first-order valence-corrected chi connectivity index (χ1v) is 6.75. The molecule has 0 unspecified atom stereocenters. The minimum absolute atomic E-state index is 0.133. The van der Waals surface area contributed by atoms with Crippen molar-refractivity contribution in [2.45, 2.75) is 24.3 Å². The van der Waals surface area contributed by atoms with Crippen molar-refractivity contribution in [3.05, 3.63) is 46.0 Å². The molecule has 6 nitrogen and oxygen atoms in total. The fourth-order valence-corrected chi connectivity index (χ4v) is 3.10. The number of nitrogens with one attached hydrogen (secondary N) is 1. The van der Waals surface area contributed by atoms with Crippen LogP contribution in [0.15, 0.2) is 30.3 Å². The Morgan fingerprint density at radius 3 is 2.35 bits per heavy atom. The van der Waals surface area contributed by atoms with E-state index in [0.29, 0.717) is 0 Å². The molecule has 0 aromatic heterocycles. The molecule has 92 valence electrons. The zero-order valence-electron chi connectivity index (χ0n) is 8.94. The minimum atomic E-state index is -3.96. The third kappa shape index (κ3) is 2.80. The summed E-state index contributed by atoms with van der Waals surface area (Å²) in [6.07, 6.45) is 1.50. The quantitative estimate of drug-likeness (QED) is 0.629. The number of rotatable bonds is 5. The highest BCUT2D eigenvalue weighted by molar-refractivity contribution is 7.89. The van der Waals surface area contributed by atoms with Gasteiger partial charge in [0.2, 0.25) is 0 Å². The lowest BCUT2D eigenvalue weighted by Crippen LogP contribution is -2.34. The van der Waals surface area contributed by atoms with Gasteiger partial charge in [0.15, 0.2) is 0 Å². The Bertz CT molecular complexity index is 510. The van der Waals surface area contributed by atoms with Crippen LogP contribution in [0.2, 0.25) is 0 Å². The molecule has 17 heavy (non-hydrogen) atoms. The highest BCUT2D eigenvalue weighted by Gasteiger charge is 2.41. The van der Waals surface area contributed by atoms with Crippen molar-refractivity contribution in [1.29, 1.82) is 0 Å². The van der Waals surface area contributed by atoms with Gasteiger partial charge in [-0.05, 0) is 12.8 Å². The molecule has 0 heterocycles. The van der Waals surface area contributed by atoms with Crippen molar-refractivity contribution in [3.8, 4) is 0 Å². The van der Waals surface area contributed by atoms with Gasteiger partial charge in [-0.1, -0.05) is 30.3 Å². The zero-order valence-corrected chi connectivity index (χ0v) is 9.76. The topological polar surface area (TPSA) is 89.3 Å². The molecule has 1 N–H and O–H groups in total. The van der Waals surface area contributed by atoms with Crippen LogP contribution in [0.3, 0.4) is 0 Å². The van der Waals surface area contributed by atoms with Gasteiger partial charge in [0.25, 0.3) is 10.0 Å². The Hall–Kier alpha value is -1.47. The lowest BCUT2D eigenvalue weighted by molar-refractivity contribution is -0.503. The van der Waals surface area contributed by atoms with Crippen LogP contribution in [0.25, 0.3) is 0 Å². The minimum Gasteiger partial charge on any atom is -0.263 e. The summed E-state index contributed by atoms with van der Waals surface area (Å²) >= 11 is 0. The maximum atomic E-state index is 11.9. The maximum Gasteiger partial charge on any atom is 0.348 e. The molecule has 1 aliphatic rings. The Labute approximate surface area is 98.8 Å². The average Bonchev–Trinajstić information content (AvgIpc) is 3.01. The molecule has 0 spiro atoms. The van der Waals surface area contributed by atoms with Crippen LogP contribution >= 0.6 is 0 Å². The van der Waals surface area contributed by atoms with E-state index in [1.807, 2.05) is 0 Å². The van der Waals surface area contributed by atoms with Crippen LogP contribution in [0, 0.1) is 10.1 Å². The van der Waals surface area contributed by atoms with Gasteiger partial charge in [-0.25, -0.2) is 13.1 Å². The molecule has 0 saturated heterocycles. The van der Waals surface area contributed by atoms with Gasteiger partial charge in [0, 0.05) is 16.5 Å². The Kier molecular flexibility index (Phi) is 3.12. The second-order valence-electron chi connectivity index (χ2n) is 3.99. The number of hydrogen-bond acceptors (Lipinski definition) is 4. The van der Waals surface area contributed by atoms with Crippen LogP contribution in [0.5, 0.6) is 0 Å². The molecule has 1 saturated carbocycles. The fourth-order valence-electron chi connectivity index (χ4n) is 1.53. The van der Waals surface area contributed by atoms with Gasteiger partial charge < -0.3 is 0 Å². The van der Waals surface area contributed by atoms with E-state index in [1.54, 1.807) is 18.2 Å². The predicted octanol–water partition coefficient (Wildman–Crippen LogP) is 1.04. The van der Waals surface area contributed by atoms with Crippen LogP contribution < -0.4 is 4.72 Å². The largest absolute Gasteiger partial charge is 0.348 e. The maximum absolute atomic E-state index is 11.9. The summed E-state index contributed by atoms with van der Waals surface area (Å²) in [7, 11) is -3.96. The van der Waals surface area contributed by atoms with E-state index in [1.165, 1.54) is 12.1 Å². The first-order chi connectivity index (χ1) is 8.00. The number of hydrogen-bond donors (Lipinski definition) is 1. The Morgan fingerprint density at radius 2 is 1.88 bits per heavy atom. The number of nitrogens with zero attached hydrogens (tertiary/aromatic N) is 1. The molecular formula is C10H12N2O4S. The first-order valence-electron chi connectivity index (χ1n) is 5.20. The summed E-state index contributed by atoms with van der Waals surface area (Å²) in [4.78, 5) is 10.2. The summed E-state index contributed by atoms with van der Waals surface area (Å²) < 4.78 is 26.1. The van der Waals surface area contributed by atoms with Crippen molar-refractivity contribution in [2.75, 3.05) is 0 Å². The number of nitro groups is 1. The average molecular weight is 256 g/mol. The van der Waals surface area contributed by atoms with Crippen LogP contribution in [-0.2, 0) is 10.0 Å². The summed E-state index contributed by atoms with van der Waals surface area (Å²) in [5, 5.41) is 9.20. The molecule has 2 rings (SSSR count). The lowest BCUT2D eigenvalue weighted by Gasteiger charge is -2.11. The lowest BCUT2D eigenvalue weighted by atomic mass is 10.2. The molecule has 1 aromatic rings. The standard InChI is InChI=1S/C10H12N2O4S/c13-12(14)10(8-4-2-1-3-5-8)17(15,16)11-9-6-7-9/h1-5,9-11H,6-7H2/t10-/m0/s1. The summed E-state index contributed by atoms with van der Waals surface area (Å²) in [5.74, 6) is 0. The van der Waals surface area contributed by atoms with Gasteiger partial charge in [-0.15, -0.1) is 0 Å². The third-order valence-corrected chi connectivity index (χ3v) is 4.17. The monoisotopic (exact) mass is 256 g/mol. The number of benzene rings is 1. The van der Waals surface area contributed by atoms with E-state index < -0.39 is 20.3 Å². The molecule has 0 aliphatic heterocycles. The van der Waals surface area contributed by atoms with Crippen LogP contribution in [0.1, 0.15) is 23.8 Å². The van der Waals surface area contributed by atoms with Crippen molar-refractivity contribution < 1.29 is 13.3 Å². The van der Waals surface area contributed by atoms with Crippen LogP contribution in [0.4, 0.5) is 0 Å². The van der Waals surface area contributed by atoms with Crippen molar-refractivity contribution in [1.82, 2.24) is 4.72 Å². The molecule has 1 atom stereocenters. The highest BCUT2D eigenvalue weighted by atomic mass is 32.2. The number of sulfonamides is 1. The molecule has 7 heteroatoms. The molecule has 0 radical (unpaired) electrons. The fraction of sp³-hybridized carbons (Fsp3) is 0.400. The van der Waals surface area contributed by atoms with Crippen molar-refractivity contribution in [2.24, 2.45) is 0 Å². The molecular weight excluding hydrogens is 244 g/mol. The normalized spacial score (nSPS) is 17.6. The van der Waals surface area contributed by atoms with Crippen molar-refractivity contribution in [3.63, 3.8) is 0 Å². The molecule has 1 aliphatic carbocycles. The smallest absolute Gasteiger partial charge is 0.263 e. The van der Waals surface area contributed by atoms with Gasteiger partial charge in [0.1, 0.15) is 0 Å². The molecule has 0 bridgehead atoms. The predicted molar refractivity (Wildman–Crippen MR) is 61.3 cm³/mol. The van der Waals surface area contributed by atoms with Gasteiger partial charge >= 0.3 is 5.37 Å². The van der Waals surface area contributed by atoms with Gasteiger partial charge in [0.05, 0.1) is 0 Å².